The zero-order valence-corrected chi connectivity index (χ0v) is 12.9. The summed E-state index contributed by atoms with van der Waals surface area (Å²) < 4.78 is 1.83. The van der Waals surface area contributed by atoms with E-state index in [1.165, 1.54) is 38.5 Å². The van der Waals surface area contributed by atoms with Crippen LogP contribution in [0, 0.1) is 0 Å². The monoisotopic (exact) mass is 289 g/mol. The molecule has 0 bridgehead atoms. The highest BCUT2D eigenvalue weighted by Gasteiger charge is 2.34. The highest BCUT2D eigenvalue weighted by molar-refractivity contribution is 4.96. The first kappa shape index (κ1) is 14.8. The summed E-state index contributed by atoms with van der Waals surface area (Å²) in [6.07, 6.45) is 9.85. The SMILES string of the molecule is O=c1ccccn1CCN1CCCNC2(CCCCC2)C1. The summed E-state index contributed by atoms with van der Waals surface area (Å²) in [5, 5.41) is 3.83. The molecule has 1 aromatic heterocycles. The average Bonchev–Trinajstić information content (AvgIpc) is 2.70. The molecule has 1 aromatic rings. The van der Waals surface area contributed by atoms with Crippen LogP contribution in [0.15, 0.2) is 29.2 Å². The van der Waals surface area contributed by atoms with Crippen molar-refractivity contribution in [3.05, 3.63) is 34.7 Å². The molecule has 0 amide bonds. The smallest absolute Gasteiger partial charge is 0.250 e. The topological polar surface area (TPSA) is 37.3 Å². The Morgan fingerprint density at radius 1 is 1.10 bits per heavy atom. The van der Waals surface area contributed by atoms with Crippen LogP contribution in [-0.4, -0.2) is 41.2 Å². The van der Waals surface area contributed by atoms with Crippen LogP contribution in [0.3, 0.4) is 0 Å². The van der Waals surface area contributed by atoms with Crippen LogP contribution in [0.2, 0.25) is 0 Å². The maximum atomic E-state index is 11.8. The minimum absolute atomic E-state index is 0.109. The maximum absolute atomic E-state index is 11.8. The highest BCUT2D eigenvalue weighted by atomic mass is 16.1. The highest BCUT2D eigenvalue weighted by Crippen LogP contribution is 2.30. The molecule has 0 unspecified atom stereocenters. The van der Waals surface area contributed by atoms with Crippen LogP contribution in [0.5, 0.6) is 0 Å². The Labute approximate surface area is 127 Å². The number of nitrogens with one attached hydrogen (secondary N) is 1. The van der Waals surface area contributed by atoms with Gasteiger partial charge >= 0.3 is 0 Å². The fourth-order valence-electron chi connectivity index (χ4n) is 3.87. The van der Waals surface area contributed by atoms with E-state index in [0.717, 1.165) is 32.7 Å². The van der Waals surface area contributed by atoms with Gasteiger partial charge in [-0.25, -0.2) is 0 Å². The summed E-state index contributed by atoms with van der Waals surface area (Å²) in [7, 11) is 0. The van der Waals surface area contributed by atoms with Crippen molar-refractivity contribution < 1.29 is 0 Å². The maximum Gasteiger partial charge on any atom is 0.250 e. The molecule has 0 atom stereocenters. The molecule has 2 fully saturated rings. The zero-order valence-electron chi connectivity index (χ0n) is 12.9. The van der Waals surface area contributed by atoms with Crippen molar-refractivity contribution >= 4 is 0 Å². The fraction of sp³-hybridized carbons (Fsp3) is 0.706. The van der Waals surface area contributed by atoms with Crippen LogP contribution in [0.25, 0.3) is 0 Å². The molecule has 1 saturated heterocycles. The van der Waals surface area contributed by atoms with Crippen LogP contribution in [0.4, 0.5) is 0 Å². The second kappa shape index (κ2) is 6.75. The molecule has 1 N–H and O–H groups in total. The zero-order chi connectivity index (χ0) is 14.5. The average molecular weight is 289 g/mol. The van der Waals surface area contributed by atoms with Crippen molar-refractivity contribution in [2.24, 2.45) is 0 Å². The Morgan fingerprint density at radius 3 is 2.76 bits per heavy atom. The van der Waals surface area contributed by atoms with Gasteiger partial charge in [0.25, 0.3) is 5.56 Å². The summed E-state index contributed by atoms with van der Waals surface area (Å²) >= 11 is 0. The summed E-state index contributed by atoms with van der Waals surface area (Å²) in [5.41, 5.74) is 0.453. The van der Waals surface area contributed by atoms with Crippen molar-refractivity contribution in [2.45, 2.75) is 50.6 Å². The van der Waals surface area contributed by atoms with Gasteiger partial charge in [0.05, 0.1) is 0 Å². The lowest BCUT2D eigenvalue weighted by Gasteiger charge is -2.40. The van der Waals surface area contributed by atoms with Crippen molar-refractivity contribution in [3.8, 4) is 0 Å². The standard InChI is InChI=1S/C17H27N3O/c21-16-7-2-5-12-20(16)14-13-19-11-6-10-18-17(15-19)8-3-1-4-9-17/h2,5,7,12,18H,1,3-4,6,8-11,13-15H2. The molecule has 21 heavy (non-hydrogen) atoms. The predicted octanol–water partition coefficient (Wildman–Crippen LogP) is 1.85. The largest absolute Gasteiger partial charge is 0.314 e. The molecule has 116 valence electrons. The number of rotatable bonds is 3. The molecular formula is C17H27N3O. The Kier molecular flexibility index (Phi) is 4.76. The minimum atomic E-state index is 0.109. The number of hydrogen-bond acceptors (Lipinski definition) is 3. The first-order valence-corrected chi connectivity index (χ1v) is 8.40. The van der Waals surface area contributed by atoms with Gasteiger partial charge in [0.1, 0.15) is 0 Å². The molecule has 1 spiro atoms. The van der Waals surface area contributed by atoms with E-state index in [4.69, 9.17) is 0 Å². The third-order valence-electron chi connectivity index (χ3n) is 5.04. The van der Waals surface area contributed by atoms with E-state index in [-0.39, 0.29) is 5.56 Å². The van der Waals surface area contributed by atoms with Gasteiger partial charge in [-0.15, -0.1) is 0 Å². The van der Waals surface area contributed by atoms with Crippen LogP contribution < -0.4 is 10.9 Å². The van der Waals surface area contributed by atoms with Gasteiger partial charge < -0.3 is 9.88 Å². The van der Waals surface area contributed by atoms with Crippen LogP contribution in [0.1, 0.15) is 38.5 Å². The Hall–Kier alpha value is -1.13. The fourth-order valence-corrected chi connectivity index (χ4v) is 3.87. The van der Waals surface area contributed by atoms with Gasteiger partial charge in [-0.3, -0.25) is 9.69 Å². The van der Waals surface area contributed by atoms with E-state index in [1.807, 2.05) is 22.9 Å². The van der Waals surface area contributed by atoms with Crippen molar-refractivity contribution in [1.29, 1.82) is 0 Å². The Morgan fingerprint density at radius 2 is 1.95 bits per heavy atom. The molecule has 4 nitrogen and oxygen atoms in total. The minimum Gasteiger partial charge on any atom is -0.314 e. The first-order chi connectivity index (χ1) is 10.3. The lowest BCUT2D eigenvalue weighted by atomic mass is 9.81. The summed E-state index contributed by atoms with van der Waals surface area (Å²) in [4.78, 5) is 14.3. The number of nitrogens with zero attached hydrogens (tertiary/aromatic N) is 2. The molecule has 0 aromatic carbocycles. The van der Waals surface area contributed by atoms with E-state index in [2.05, 4.69) is 10.2 Å². The molecule has 1 aliphatic carbocycles. The van der Waals surface area contributed by atoms with Crippen LogP contribution in [-0.2, 0) is 6.54 Å². The Bertz CT molecular complexity index is 505. The normalized spacial score (nSPS) is 23.0. The number of hydrogen-bond donors (Lipinski definition) is 1. The second-order valence-electron chi connectivity index (χ2n) is 6.63. The third-order valence-corrected chi connectivity index (χ3v) is 5.04. The van der Waals surface area contributed by atoms with Gasteiger partial charge in [0.15, 0.2) is 0 Å². The molecule has 1 saturated carbocycles. The third kappa shape index (κ3) is 3.74. The molecule has 2 heterocycles. The van der Waals surface area contributed by atoms with E-state index in [9.17, 15) is 4.79 Å². The van der Waals surface area contributed by atoms with Gasteiger partial charge in [-0.2, -0.15) is 0 Å². The molecule has 4 heteroatoms. The van der Waals surface area contributed by atoms with Gasteiger partial charge in [0.2, 0.25) is 0 Å². The van der Waals surface area contributed by atoms with Crippen molar-refractivity contribution in [1.82, 2.24) is 14.8 Å². The summed E-state index contributed by atoms with van der Waals surface area (Å²) in [5.74, 6) is 0. The lowest BCUT2D eigenvalue weighted by molar-refractivity contribution is 0.160. The van der Waals surface area contributed by atoms with Crippen LogP contribution >= 0.6 is 0 Å². The number of aromatic nitrogens is 1. The van der Waals surface area contributed by atoms with Gasteiger partial charge in [-0.05, 0) is 38.4 Å². The molecule has 3 rings (SSSR count). The molecule has 1 aliphatic heterocycles. The van der Waals surface area contributed by atoms with Crippen molar-refractivity contribution in [2.75, 3.05) is 26.2 Å². The van der Waals surface area contributed by atoms with E-state index in [0.29, 0.717) is 5.54 Å². The van der Waals surface area contributed by atoms with E-state index >= 15 is 0 Å². The molecule has 0 radical (unpaired) electrons. The predicted molar refractivity (Wildman–Crippen MR) is 85.6 cm³/mol. The quantitative estimate of drug-likeness (QED) is 0.922. The Balaban J connectivity index is 1.61. The first-order valence-electron chi connectivity index (χ1n) is 8.40. The lowest BCUT2D eigenvalue weighted by Crippen LogP contribution is -2.53. The summed E-state index contributed by atoms with van der Waals surface area (Å²) in [6.45, 7) is 5.22. The van der Waals surface area contributed by atoms with Crippen molar-refractivity contribution in [3.63, 3.8) is 0 Å². The molecule has 2 aliphatic rings. The second-order valence-corrected chi connectivity index (χ2v) is 6.63. The van der Waals surface area contributed by atoms with E-state index in [1.54, 1.807) is 6.07 Å². The molecular weight excluding hydrogens is 262 g/mol. The van der Waals surface area contributed by atoms with Gasteiger partial charge in [0, 0.05) is 37.4 Å². The number of pyridine rings is 1. The van der Waals surface area contributed by atoms with Gasteiger partial charge in [-0.1, -0.05) is 25.3 Å². The van der Waals surface area contributed by atoms with E-state index < -0.39 is 0 Å². The summed E-state index contributed by atoms with van der Waals surface area (Å²) in [6, 6.07) is 5.40.